The number of rotatable bonds is 22. The van der Waals surface area contributed by atoms with Crippen LogP contribution in [0.2, 0.25) is 9.45 Å². The van der Waals surface area contributed by atoms with Crippen LogP contribution in [0.1, 0.15) is 130 Å². The van der Waals surface area contributed by atoms with Gasteiger partial charge in [0.25, 0.3) is 0 Å². The van der Waals surface area contributed by atoms with Crippen LogP contribution in [0.5, 0.6) is 0 Å². The molecule has 2 nitrogen and oxygen atoms in total. The first kappa shape index (κ1) is 27.6. The molecule has 0 heterocycles. The fraction of sp³-hybridized carbons (Fsp3) is 1.00. The molecule has 0 N–H and O–H groups in total. The second-order valence-electron chi connectivity index (χ2n) is 8.23. The first-order chi connectivity index (χ1) is 13.2. The van der Waals surface area contributed by atoms with E-state index < -0.39 is 17.4 Å². The van der Waals surface area contributed by atoms with Crippen molar-refractivity contribution >= 4 is 0 Å². The van der Waals surface area contributed by atoms with Gasteiger partial charge in [0.1, 0.15) is 0 Å². The van der Waals surface area contributed by atoms with E-state index >= 15 is 0 Å². The van der Waals surface area contributed by atoms with Gasteiger partial charge in [-0.2, -0.15) is 0 Å². The molecule has 0 aromatic rings. The third kappa shape index (κ3) is 17.2. The van der Waals surface area contributed by atoms with Crippen LogP contribution in [0.3, 0.4) is 0 Å². The molecule has 0 unspecified atom stereocenters. The number of hydrogen-bond acceptors (Lipinski definition) is 2. The molecule has 0 aliphatic heterocycles. The standard InChI is InChI=1S/2C10H21.2C2H5O.Ti/c2*1-3-5-7-9-10-8-6-4-2;2*1-2-3;/h2*1,3-10H2,2H3;2*2H2,1H3;/q;;2*-1;+2. The number of unbranched alkanes of at least 4 members (excludes halogenated alkanes) is 14. The van der Waals surface area contributed by atoms with Gasteiger partial charge in [-0.1, -0.05) is 0 Å². The Morgan fingerprint density at radius 2 is 0.704 bits per heavy atom. The summed E-state index contributed by atoms with van der Waals surface area (Å²) >= 11 is -2.53. The van der Waals surface area contributed by atoms with E-state index in [0.717, 1.165) is 13.2 Å². The topological polar surface area (TPSA) is 18.5 Å². The van der Waals surface area contributed by atoms with Crippen LogP contribution < -0.4 is 0 Å². The molecule has 0 bridgehead atoms. The summed E-state index contributed by atoms with van der Waals surface area (Å²) in [5.41, 5.74) is 0. The SMILES string of the molecule is CCCCCCCCC[CH2][Ti]([CH2]CCCCCCCCC)([O]CC)[O]CC. The minimum absolute atomic E-state index is 0.841. The van der Waals surface area contributed by atoms with E-state index in [9.17, 15) is 0 Å². The molecule has 0 aliphatic rings. The van der Waals surface area contributed by atoms with Gasteiger partial charge in [-0.15, -0.1) is 0 Å². The molecule has 0 atom stereocenters. The van der Waals surface area contributed by atoms with E-state index in [4.69, 9.17) is 6.64 Å². The van der Waals surface area contributed by atoms with Crippen molar-refractivity contribution in [2.24, 2.45) is 0 Å². The fourth-order valence-electron chi connectivity index (χ4n) is 4.04. The van der Waals surface area contributed by atoms with Crippen LogP contribution >= 0.6 is 0 Å². The Labute approximate surface area is 176 Å². The van der Waals surface area contributed by atoms with Crippen molar-refractivity contribution in [2.75, 3.05) is 13.2 Å². The van der Waals surface area contributed by atoms with Crippen molar-refractivity contribution in [1.29, 1.82) is 0 Å². The summed E-state index contributed by atoms with van der Waals surface area (Å²) in [4.78, 5) is 0. The molecule has 0 fully saturated rings. The molecule has 0 spiro atoms. The molecule has 0 saturated carbocycles. The summed E-state index contributed by atoms with van der Waals surface area (Å²) in [6.07, 6.45) is 22.2. The first-order valence-electron chi connectivity index (χ1n) is 12.5. The minimum atomic E-state index is -2.53. The fourth-order valence-corrected chi connectivity index (χ4v) is 9.57. The summed E-state index contributed by atoms with van der Waals surface area (Å²) in [6, 6.07) is 0. The Kier molecular flexibility index (Phi) is 21.8. The van der Waals surface area contributed by atoms with Crippen molar-refractivity contribution in [2.45, 2.75) is 140 Å². The monoisotopic (exact) mass is 420 g/mol. The molecular formula is C24H52O2Ti. The molecule has 0 saturated heterocycles. The van der Waals surface area contributed by atoms with E-state index in [0.29, 0.717) is 0 Å². The zero-order chi connectivity index (χ0) is 20.1. The molecule has 0 aromatic heterocycles. The third-order valence-corrected chi connectivity index (χ3v) is 11.7. The van der Waals surface area contributed by atoms with E-state index in [-0.39, 0.29) is 0 Å². The molecule has 0 aromatic carbocycles. The molecule has 0 rings (SSSR count). The molecule has 0 amide bonds. The van der Waals surface area contributed by atoms with Gasteiger partial charge in [0.15, 0.2) is 0 Å². The molecular weight excluding hydrogens is 368 g/mol. The van der Waals surface area contributed by atoms with Gasteiger partial charge in [0, 0.05) is 0 Å². The molecule has 3 heteroatoms. The average Bonchev–Trinajstić information content (AvgIpc) is 2.66. The van der Waals surface area contributed by atoms with Crippen molar-refractivity contribution in [3.63, 3.8) is 0 Å². The summed E-state index contributed by atoms with van der Waals surface area (Å²) in [7, 11) is 0. The maximum atomic E-state index is 6.35. The van der Waals surface area contributed by atoms with Gasteiger partial charge >= 0.3 is 177 Å². The van der Waals surface area contributed by atoms with Crippen LogP contribution in [0.25, 0.3) is 0 Å². The van der Waals surface area contributed by atoms with Crippen molar-refractivity contribution in [1.82, 2.24) is 0 Å². The summed E-state index contributed by atoms with van der Waals surface area (Å²) in [6.45, 7) is 10.6. The zero-order valence-corrected chi connectivity index (χ0v) is 21.0. The van der Waals surface area contributed by atoms with Gasteiger partial charge in [0.05, 0.1) is 0 Å². The van der Waals surface area contributed by atoms with Crippen molar-refractivity contribution in [3.05, 3.63) is 0 Å². The van der Waals surface area contributed by atoms with Crippen LogP contribution in [-0.2, 0) is 24.0 Å². The van der Waals surface area contributed by atoms with Gasteiger partial charge < -0.3 is 0 Å². The normalized spacial score (nSPS) is 12.0. The first-order valence-corrected chi connectivity index (χ1v) is 16.0. The molecule has 0 aliphatic carbocycles. The average molecular weight is 421 g/mol. The Hall–Kier alpha value is 0.634. The van der Waals surface area contributed by atoms with E-state index in [1.807, 2.05) is 0 Å². The van der Waals surface area contributed by atoms with Crippen molar-refractivity contribution in [3.8, 4) is 0 Å². The van der Waals surface area contributed by atoms with Gasteiger partial charge in [-0.3, -0.25) is 0 Å². The maximum absolute atomic E-state index is 6.35. The van der Waals surface area contributed by atoms with Crippen LogP contribution in [0.15, 0.2) is 0 Å². The van der Waals surface area contributed by atoms with Crippen LogP contribution in [0.4, 0.5) is 0 Å². The Morgan fingerprint density at radius 1 is 0.407 bits per heavy atom. The van der Waals surface area contributed by atoms with E-state index in [1.165, 1.54) is 112 Å². The summed E-state index contributed by atoms with van der Waals surface area (Å²) in [5.74, 6) is 0. The quantitative estimate of drug-likeness (QED) is 0.128. The molecule has 27 heavy (non-hydrogen) atoms. The van der Waals surface area contributed by atoms with Crippen LogP contribution in [-0.4, -0.2) is 13.2 Å². The van der Waals surface area contributed by atoms with E-state index in [1.54, 1.807) is 0 Å². The zero-order valence-electron chi connectivity index (χ0n) is 19.5. The Balaban J connectivity index is 4.01. The van der Waals surface area contributed by atoms with Gasteiger partial charge in [0.2, 0.25) is 0 Å². The summed E-state index contributed by atoms with van der Waals surface area (Å²) in [5, 5.41) is 0. The predicted molar refractivity (Wildman–Crippen MR) is 118 cm³/mol. The third-order valence-electron chi connectivity index (χ3n) is 5.64. The molecule has 164 valence electrons. The Morgan fingerprint density at radius 3 is 1.00 bits per heavy atom. The summed E-state index contributed by atoms with van der Waals surface area (Å²) < 4.78 is 15.2. The van der Waals surface area contributed by atoms with Crippen LogP contribution in [0, 0.1) is 0 Å². The van der Waals surface area contributed by atoms with E-state index in [2.05, 4.69) is 27.7 Å². The number of hydrogen-bond donors (Lipinski definition) is 0. The van der Waals surface area contributed by atoms with Gasteiger partial charge in [-0.25, -0.2) is 0 Å². The van der Waals surface area contributed by atoms with Gasteiger partial charge in [-0.05, 0) is 0 Å². The Bertz CT molecular complexity index is 256. The second kappa shape index (κ2) is 21.3. The predicted octanol–water partition coefficient (Wildman–Crippen LogP) is 9.16. The second-order valence-corrected chi connectivity index (χ2v) is 13.5. The molecule has 0 radical (unpaired) electrons. The van der Waals surface area contributed by atoms with Crippen molar-refractivity contribution < 1.29 is 24.0 Å².